The van der Waals surface area contributed by atoms with E-state index in [-0.39, 0.29) is 6.04 Å². The van der Waals surface area contributed by atoms with Crippen LogP contribution in [-0.4, -0.2) is 24.1 Å². The third kappa shape index (κ3) is 5.04. The number of rotatable bonds is 7. The van der Waals surface area contributed by atoms with Crippen molar-refractivity contribution in [1.82, 2.24) is 5.32 Å². The molecule has 96 valence electrons. The Morgan fingerprint density at radius 1 is 1.29 bits per heavy atom. The molecule has 17 heavy (non-hydrogen) atoms. The van der Waals surface area contributed by atoms with Gasteiger partial charge in [0, 0.05) is 17.9 Å². The summed E-state index contributed by atoms with van der Waals surface area (Å²) in [6, 6.07) is 4.04. The minimum atomic E-state index is -0.519. The van der Waals surface area contributed by atoms with Gasteiger partial charge in [-0.25, -0.2) is 8.78 Å². The summed E-state index contributed by atoms with van der Waals surface area (Å²) < 4.78 is 26.3. The topological polar surface area (TPSA) is 12.0 Å². The lowest BCUT2D eigenvalue weighted by atomic mass is 10.1. The SMILES string of the molecule is CCNC(CSCC)Cc1ccc(F)cc1F. The molecule has 1 aromatic carbocycles. The summed E-state index contributed by atoms with van der Waals surface area (Å²) in [7, 11) is 0. The van der Waals surface area contributed by atoms with Gasteiger partial charge in [-0.1, -0.05) is 19.9 Å². The predicted octanol–water partition coefficient (Wildman–Crippen LogP) is 3.24. The maximum absolute atomic E-state index is 13.5. The van der Waals surface area contributed by atoms with E-state index < -0.39 is 11.6 Å². The molecule has 1 aromatic rings. The van der Waals surface area contributed by atoms with E-state index in [0.29, 0.717) is 12.0 Å². The van der Waals surface area contributed by atoms with Crippen molar-refractivity contribution in [3.63, 3.8) is 0 Å². The molecule has 0 spiro atoms. The summed E-state index contributed by atoms with van der Waals surface area (Å²) in [6.45, 7) is 4.99. The quantitative estimate of drug-likeness (QED) is 0.807. The fourth-order valence-electron chi connectivity index (χ4n) is 1.69. The molecule has 0 radical (unpaired) electrons. The molecular formula is C13H19F2NS. The van der Waals surface area contributed by atoms with Crippen LogP contribution in [-0.2, 0) is 6.42 Å². The molecule has 0 aromatic heterocycles. The first-order valence-corrected chi connectivity index (χ1v) is 7.07. The smallest absolute Gasteiger partial charge is 0.129 e. The molecule has 0 aliphatic carbocycles. The average molecular weight is 259 g/mol. The standard InChI is InChI=1S/C13H19F2NS/c1-3-16-12(9-17-4-2)7-10-5-6-11(14)8-13(10)15/h5-6,8,12,16H,3-4,7,9H2,1-2H3. The molecule has 1 atom stereocenters. The van der Waals surface area contributed by atoms with E-state index in [1.807, 2.05) is 18.7 Å². The van der Waals surface area contributed by atoms with Crippen LogP contribution in [0.5, 0.6) is 0 Å². The summed E-state index contributed by atoms with van der Waals surface area (Å²) in [6.07, 6.45) is 0.604. The normalized spacial score (nSPS) is 12.7. The van der Waals surface area contributed by atoms with Crippen molar-refractivity contribution >= 4 is 11.8 Å². The van der Waals surface area contributed by atoms with Crippen molar-refractivity contribution in [1.29, 1.82) is 0 Å². The number of nitrogens with one attached hydrogen (secondary N) is 1. The van der Waals surface area contributed by atoms with Crippen LogP contribution in [0.1, 0.15) is 19.4 Å². The van der Waals surface area contributed by atoms with Crippen LogP contribution in [0.25, 0.3) is 0 Å². The monoisotopic (exact) mass is 259 g/mol. The average Bonchev–Trinajstić information content (AvgIpc) is 2.29. The first-order chi connectivity index (χ1) is 8.17. The molecule has 0 saturated carbocycles. The van der Waals surface area contributed by atoms with Crippen LogP contribution in [0, 0.1) is 11.6 Å². The second-order valence-electron chi connectivity index (χ2n) is 3.85. The zero-order chi connectivity index (χ0) is 12.7. The summed E-state index contributed by atoms with van der Waals surface area (Å²) in [5.41, 5.74) is 0.578. The number of likely N-dealkylation sites (N-methyl/N-ethyl adjacent to an activating group) is 1. The lowest BCUT2D eigenvalue weighted by molar-refractivity contribution is 0.535. The Balaban J connectivity index is 2.64. The van der Waals surface area contributed by atoms with Gasteiger partial charge in [0.15, 0.2) is 0 Å². The number of thioether (sulfide) groups is 1. The van der Waals surface area contributed by atoms with Gasteiger partial charge in [-0.3, -0.25) is 0 Å². The third-order valence-corrected chi connectivity index (χ3v) is 3.54. The minimum Gasteiger partial charge on any atom is -0.313 e. The Bertz CT molecular complexity index is 344. The van der Waals surface area contributed by atoms with Crippen molar-refractivity contribution in [3.05, 3.63) is 35.4 Å². The number of hydrogen-bond donors (Lipinski definition) is 1. The van der Waals surface area contributed by atoms with Crippen molar-refractivity contribution < 1.29 is 8.78 Å². The highest BCUT2D eigenvalue weighted by Crippen LogP contribution is 2.14. The fraction of sp³-hybridized carbons (Fsp3) is 0.538. The van der Waals surface area contributed by atoms with Crippen molar-refractivity contribution in [2.45, 2.75) is 26.3 Å². The van der Waals surface area contributed by atoms with E-state index >= 15 is 0 Å². The van der Waals surface area contributed by atoms with E-state index in [1.165, 1.54) is 12.1 Å². The van der Waals surface area contributed by atoms with Gasteiger partial charge in [0.2, 0.25) is 0 Å². The van der Waals surface area contributed by atoms with Gasteiger partial charge in [0.1, 0.15) is 11.6 Å². The third-order valence-electron chi connectivity index (χ3n) is 2.50. The maximum atomic E-state index is 13.5. The highest BCUT2D eigenvalue weighted by molar-refractivity contribution is 7.99. The lowest BCUT2D eigenvalue weighted by Gasteiger charge is -2.17. The zero-order valence-corrected chi connectivity index (χ0v) is 11.1. The van der Waals surface area contributed by atoms with Crippen LogP contribution >= 0.6 is 11.8 Å². The molecule has 0 fully saturated rings. The van der Waals surface area contributed by atoms with Gasteiger partial charge in [-0.2, -0.15) is 11.8 Å². The highest BCUT2D eigenvalue weighted by Gasteiger charge is 2.11. The molecule has 1 unspecified atom stereocenters. The van der Waals surface area contributed by atoms with Crippen LogP contribution in [0.3, 0.4) is 0 Å². The van der Waals surface area contributed by atoms with E-state index in [4.69, 9.17) is 0 Å². The lowest BCUT2D eigenvalue weighted by Crippen LogP contribution is -2.33. The maximum Gasteiger partial charge on any atom is 0.129 e. The Morgan fingerprint density at radius 2 is 2.06 bits per heavy atom. The van der Waals surface area contributed by atoms with Gasteiger partial charge < -0.3 is 5.32 Å². The van der Waals surface area contributed by atoms with Crippen LogP contribution in [0.2, 0.25) is 0 Å². The van der Waals surface area contributed by atoms with Gasteiger partial charge in [-0.05, 0) is 30.3 Å². The van der Waals surface area contributed by atoms with E-state index in [2.05, 4.69) is 12.2 Å². The Morgan fingerprint density at radius 3 is 2.65 bits per heavy atom. The molecule has 0 bridgehead atoms. The molecule has 1 N–H and O–H groups in total. The number of halogens is 2. The molecule has 0 amide bonds. The van der Waals surface area contributed by atoms with Crippen LogP contribution in [0.15, 0.2) is 18.2 Å². The van der Waals surface area contributed by atoms with E-state index in [0.717, 1.165) is 24.1 Å². The number of hydrogen-bond acceptors (Lipinski definition) is 2. The summed E-state index contributed by atoms with van der Waals surface area (Å²) in [5.74, 6) is 1.03. The van der Waals surface area contributed by atoms with Gasteiger partial charge in [0.25, 0.3) is 0 Å². The van der Waals surface area contributed by atoms with Gasteiger partial charge in [0.05, 0.1) is 0 Å². The van der Waals surface area contributed by atoms with Gasteiger partial charge in [-0.15, -0.1) is 0 Å². The highest BCUT2D eigenvalue weighted by atomic mass is 32.2. The van der Waals surface area contributed by atoms with Crippen molar-refractivity contribution in [2.24, 2.45) is 0 Å². The second kappa shape index (κ2) is 7.67. The zero-order valence-electron chi connectivity index (χ0n) is 10.3. The van der Waals surface area contributed by atoms with E-state index in [1.54, 1.807) is 0 Å². The Labute approximate surface area is 106 Å². The van der Waals surface area contributed by atoms with Crippen LogP contribution in [0.4, 0.5) is 8.78 Å². The molecule has 0 aliphatic heterocycles. The van der Waals surface area contributed by atoms with E-state index in [9.17, 15) is 8.78 Å². The molecule has 1 rings (SSSR count). The van der Waals surface area contributed by atoms with Crippen molar-refractivity contribution in [2.75, 3.05) is 18.1 Å². The van der Waals surface area contributed by atoms with Crippen LogP contribution < -0.4 is 5.32 Å². The van der Waals surface area contributed by atoms with Gasteiger partial charge >= 0.3 is 0 Å². The minimum absolute atomic E-state index is 0.241. The largest absolute Gasteiger partial charge is 0.313 e. The molecule has 0 saturated heterocycles. The number of benzene rings is 1. The molecule has 4 heteroatoms. The summed E-state index contributed by atoms with van der Waals surface area (Å²) in [4.78, 5) is 0. The molecule has 0 heterocycles. The first-order valence-electron chi connectivity index (χ1n) is 5.92. The fourth-order valence-corrected chi connectivity index (χ4v) is 2.45. The Hall–Kier alpha value is -0.610. The second-order valence-corrected chi connectivity index (χ2v) is 5.17. The molecule has 0 aliphatic rings. The summed E-state index contributed by atoms with van der Waals surface area (Å²) in [5, 5.41) is 3.33. The molecule has 1 nitrogen and oxygen atoms in total. The predicted molar refractivity (Wildman–Crippen MR) is 70.5 cm³/mol. The molecular weight excluding hydrogens is 240 g/mol. The van der Waals surface area contributed by atoms with Crippen molar-refractivity contribution in [3.8, 4) is 0 Å². The Kier molecular flexibility index (Phi) is 6.52. The first kappa shape index (κ1) is 14.5. The summed E-state index contributed by atoms with van der Waals surface area (Å²) >= 11 is 1.83.